The summed E-state index contributed by atoms with van der Waals surface area (Å²) in [5, 5.41) is 23.1. The summed E-state index contributed by atoms with van der Waals surface area (Å²) in [6.45, 7) is 0.536. The van der Waals surface area contributed by atoms with Crippen LogP contribution in [0.1, 0.15) is 5.56 Å². The molecule has 1 atom stereocenters. The molecule has 0 amide bonds. The van der Waals surface area contributed by atoms with Crippen LogP contribution in [-0.4, -0.2) is 58.0 Å². The third kappa shape index (κ3) is 5.83. The van der Waals surface area contributed by atoms with E-state index >= 15 is 0 Å². The first-order valence-corrected chi connectivity index (χ1v) is 10.1. The van der Waals surface area contributed by atoms with Gasteiger partial charge in [0.15, 0.2) is 11.5 Å². The first-order chi connectivity index (χ1) is 14.1. The Balaban J connectivity index is 1.48. The maximum atomic E-state index is 10.2. The van der Waals surface area contributed by atoms with Crippen molar-refractivity contribution in [3.8, 4) is 17.2 Å². The molecule has 0 radical (unpaired) electrons. The molecule has 0 unspecified atom stereocenters. The number of aliphatic hydroxyl groups is 1. The van der Waals surface area contributed by atoms with E-state index in [-0.39, 0.29) is 6.61 Å². The van der Waals surface area contributed by atoms with Gasteiger partial charge in [-0.15, -0.1) is 5.10 Å². The zero-order chi connectivity index (χ0) is 20.6. The maximum Gasteiger partial charge on any atom is 0.214 e. The molecule has 1 N–H and O–H groups in total. The molecule has 3 aromatic rings. The minimum Gasteiger partial charge on any atom is -0.493 e. The molecular weight excluding hydrogens is 416 g/mol. The molecule has 0 fully saturated rings. The molecule has 0 spiro atoms. The predicted molar refractivity (Wildman–Crippen MR) is 110 cm³/mol. The number of ether oxygens (including phenoxy) is 3. The third-order valence-corrected chi connectivity index (χ3v) is 5.26. The number of hydrogen-bond donors (Lipinski definition) is 1. The van der Waals surface area contributed by atoms with Crippen molar-refractivity contribution in [2.75, 3.05) is 26.6 Å². The second-order valence-electron chi connectivity index (χ2n) is 6.02. The van der Waals surface area contributed by atoms with E-state index < -0.39 is 6.10 Å². The van der Waals surface area contributed by atoms with Gasteiger partial charge in [0.1, 0.15) is 0 Å². The average molecular weight is 437 g/mol. The Bertz CT molecular complexity index is 923. The van der Waals surface area contributed by atoms with Crippen LogP contribution in [0.15, 0.2) is 47.6 Å². The molecule has 0 aliphatic rings. The second kappa shape index (κ2) is 10.4. The molecule has 1 heterocycles. The van der Waals surface area contributed by atoms with Crippen molar-refractivity contribution in [2.24, 2.45) is 0 Å². The van der Waals surface area contributed by atoms with Crippen LogP contribution in [0.4, 0.5) is 0 Å². The summed E-state index contributed by atoms with van der Waals surface area (Å²) in [4.78, 5) is 0. The van der Waals surface area contributed by atoms with E-state index in [4.69, 9.17) is 25.8 Å². The number of aromatic nitrogens is 4. The molecule has 1 aromatic heterocycles. The highest BCUT2D eigenvalue weighted by Crippen LogP contribution is 2.28. The van der Waals surface area contributed by atoms with Crippen molar-refractivity contribution in [3.63, 3.8) is 0 Å². The van der Waals surface area contributed by atoms with Gasteiger partial charge in [0.05, 0.1) is 39.2 Å². The van der Waals surface area contributed by atoms with Crippen LogP contribution in [0.5, 0.6) is 11.5 Å². The topological polar surface area (TPSA) is 91.5 Å². The normalized spacial score (nSPS) is 12.0. The minimum atomic E-state index is -0.671. The lowest BCUT2D eigenvalue weighted by Gasteiger charge is -2.12. The van der Waals surface area contributed by atoms with E-state index in [1.54, 1.807) is 31.0 Å². The summed E-state index contributed by atoms with van der Waals surface area (Å²) >= 11 is 7.26. The van der Waals surface area contributed by atoms with Gasteiger partial charge in [0.25, 0.3) is 0 Å². The smallest absolute Gasteiger partial charge is 0.214 e. The third-order valence-electron chi connectivity index (χ3n) is 3.94. The molecule has 0 saturated carbocycles. The predicted octanol–water partition coefficient (Wildman–Crippen LogP) is 3.00. The lowest BCUT2D eigenvalue weighted by molar-refractivity contribution is 0.0397. The number of halogens is 1. The number of hydrogen-bond acceptors (Lipinski definition) is 8. The van der Waals surface area contributed by atoms with Gasteiger partial charge in [-0.3, -0.25) is 0 Å². The molecule has 3 rings (SSSR count). The Morgan fingerprint density at radius 2 is 1.86 bits per heavy atom. The molecule has 2 aromatic carbocycles. The number of aliphatic hydroxyl groups excluding tert-OH is 1. The van der Waals surface area contributed by atoms with E-state index in [0.717, 1.165) is 11.3 Å². The zero-order valence-electron chi connectivity index (χ0n) is 16.0. The zero-order valence-corrected chi connectivity index (χ0v) is 17.6. The summed E-state index contributed by atoms with van der Waals surface area (Å²) in [5.41, 5.74) is 1.72. The summed E-state index contributed by atoms with van der Waals surface area (Å²) in [5.74, 6) is 1.68. The van der Waals surface area contributed by atoms with Gasteiger partial charge in [-0.05, 0) is 52.4 Å². The molecule has 0 aliphatic heterocycles. The van der Waals surface area contributed by atoms with Crippen LogP contribution < -0.4 is 9.47 Å². The van der Waals surface area contributed by atoms with E-state index in [9.17, 15) is 5.11 Å². The van der Waals surface area contributed by atoms with Crippen LogP contribution in [0, 0.1) is 0 Å². The number of tetrazole rings is 1. The number of rotatable bonds is 10. The first kappa shape index (κ1) is 21.4. The summed E-state index contributed by atoms with van der Waals surface area (Å²) in [6, 6.07) is 12.7. The lowest BCUT2D eigenvalue weighted by atomic mass is 10.2. The lowest BCUT2D eigenvalue weighted by Crippen LogP contribution is -2.18. The number of thioether (sulfide) groups is 1. The van der Waals surface area contributed by atoms with E-state index in [1.165, 1.54) is 11.8 Å². The highest BCUT2D eigenvalue weighted by atomic mass is 35.5. The van der Waals surface area contributed by atoms with Crippen LogP contribution in [0.25, 0.3) is 5.69 Å². The Morgan fingerprint density at radius 3 is 2.59 bits per heavy atom. The van der Waals surface area contributed by atoms with Gasteiger partial charge in [-0.2, -0.15) is 4.68 Å². The summed E-state index contributed by atoms with van der Waals surface area (Å²) in [7, 11) is 3.17. The Labute approximate surface area is 177 Å². The van der Waals surface area contributed by atoms with Crippen molar-refractivity contribution < 1.29 is 19.3 Å². The maximum absolute atomic E-state index is 10.2. The molecule has 0 aliphatic carbocycles. The van der Waals surface area contributed by atoms with E-state index in [2.05, 4.69) is 15.5 Å². The monoisotopic (exact) mass is 436 g/mol. The fourth-order valence-electron chi connectivity index (χ4n) is 2.52. The molecule has 0 saturated heterocycles. The quantitative estimate of drug-likeness (QED) is 0.485. The van der Waals surface area contributed by atoms with Crippen molar-refractivity contribution in [2.45, 2.75) is 17.9 Å². The second-order valence-corrected chi connectivity index (χ2v) is 7.44. The minimum absolute atomic E-state index is 0.184. The van der Waals surface area contributed by atoms with Crippen molar-refractivity contribution in [1.82, 2.24) is 20.2 Å². The van der Waals surface area contributed by atoms with Gasteiger partial charge in [-0.1, -0.05) is 29.4 Å². The molecular formula is C19H21ClN4O4S. The highest BCUT2D eigenvalue weighted by Gasteiger charge is 2.13. The van der Waals surface area contributed by atoms with Gasteiger partial charge >= 0.3 is 0 Å². The fraction of sp³-hybridized carbons (Fsp3) is 0.316. The first-order valence-electron chi connectivity index (χ1n) is 8.74. The van der Waals surface area contributed by atoms with Crippen LogP contribution in [0.2, 0.25) is 5.02 Å². The average Bonchev–Trinajstić information content (AvgIpc) is 3.21. The number of nitrogens with zero attached hydrogens (tertiary/aromatic N) is 4. The molecule has 154 valence electrons. The van der Waals surface area contributed by atoms with Crippen LogP contribution in [0.3, 0.4) is 0 Å². The Hall–Kier alpha value is -2.33. The highest BCUT2D eigenvalue weighted by molar-refractivity contribution is 7.99. The standard InChI is InChI=1S/C19H21ClN4O4S/c1-26-17-8-3-13(9-18(17)27-2)10-28-11-16(25)12-29-19-21-22-23-24(19)15-6-4-14(20)5-7-15/h3-9,16,25H,10-12H2,1-2H3/t16-/m0/s1. The van der Waals surface area contributed by atoms with E-state index in [0.29, 0.717) is 34.0 Å². The largest absolute Gasteiger partial charge is 0.493 e. The summed E-state index contributed by atoms with van der Waals surface area (Å²) < 4.78 is 17.7. The van der Waals surface area contributed by atoms with E-state index in [1.807, 2.05) is 30.3 Å². The van der Waals surface area contributed by atoms with Crippen molar-refractivity contribution in [1.29, 1.82) is 0 Å². The number of benzene rings is 2. The molecule has 29 heavy (non-hydrogen) atoms. The van der Waals surface area contributed by atoms with Gasteiger partial charge in [0.2, 0.25) is 5.16 Å². The molecule has 8 nitrogen and oxygen atoms in total. The van der Waals surface area contributed by atoms with Gasteiger partial charge < -0.3 is 19.3 Å². The van der Waals surface area contributed by atoms with Crippen LogP contribution in [-0.2, 0) is 11.3 Å². The van der Waals surface area contributed by atoms with Crippen molar-refractivity contribution >= 4 is 23.4 Å². The SMILES string of the molecule is COc1ccc(COC[C@H](O)CSc2nnnn2-c2ccc(Cl)cc2)cc1OC. The Morgan fingerprint density at radius 1 is 1.10 bits per heavy atom. The summed E-state index contributed by atoms with van der Waals surface area (Å²) in [6.07, 6.45) is -0.671. The molecule has 10 heteroatoms. The van der Waals surface area contributed by atoms with Gasteiger partial charge in [0, 0.05) is 10.8 Å². The Kier molecular flexibility index (Phi) is 7.70. The fourth-order valence-corrected chi connectivity index (χ4v) is 3.44. The number of methoxy groups -OCH3 is 2. The van der Waals surface area contributed by atoms with Crippen LogP contribution >= 0.6 is 23.4 Å². The molecule has 0 bridgehead atoms. The van der Waals surface area contributed by atoms with Gasteiger partial charge in [-0.25, -0.2) is 0 Å². The van der Waals surface area contributed by atoms with Crippen molar-refractivity contribution in [3.05, 3.63) is 53.1 Å².